The van der Waals surface area contributed by atoms with Gasteiger partial charge in [-0.3, -0.25) is 4.72 Å². The smallest absolute Gasteiger partial charge is 0.236 e. The zero-order chi connectivity index (χ0) is 15.3. The molecule has 0 radical (unpaired) electrons. The van der Waals surface area contributed by atoms with Crippen molar-refractivity contribution in [3.63, 3.8) is 0 Å². The van der Waals surface area contributed by atoms with Crippen molar-refractivity contribution in [1.82, 2.24) is 4.98 Å². The maximum atomic E-state index is 12.6. The molecule has 1 heterocycles. The molecule has 2 aromatic rings. The average Bonchev–Trinajstić information content (AvgIpc) is 2.43. The molecule has 0 spiro atoms. The van der Waals surface area contributed by atoms with E-state index in [9.17, 15) is 12.8 Å². The maximum Gasteiger partial charge on any atom is 0.236 e. The first-order valence-corrected chi connectivity index (χ1v) is 7.70. The second kappa shape index (κ2) is 6.40. The van der Waals surface area contributed by atoms with Gasteiger partial charge in [-0.2, -0.15) is 4.39 Å². The zero-order valence-electron chi connectivity index (χ0n) is 11.0. The Morgan fingerprint density at radius 3 is 2.52 bits per heavy atom. The molecule has 112 valence electrons. The predicted molar refractivity (Wildman–Crippen MR) is 78.0 cm³/mol. The van der Waals surface area contributed by atoms with Crippen LogP contribution in [-0.4, -0.2) is 25.8 Å². The van der Waals surface area contributed by atoms with Crippen LogP contribution in [-0.2, 0) is 10.0 Å². The van der Waals surface area contributed by atoms with E-state index in [4.69, 9.17) is 10.5 Å². The van der Waals surface area contributed by atoms with E-state index in [0.29, 0.717) is 11.4 Å². The topological polar surface area (TPSA) is 94.3 Å². The molecule has 8 heteroatoms. The predicted octanol–water partition coefficient (Wildman–Crippen LogP) is 1.62. The molecule has 0 aliphatic rings. The van der Waals surface area contributed by atoms with Gasteiger partial charge in [0.1, 0.15) is 18.1 Å². The fourth-order valence-electron chi connectivity index (χ4n) is 1.50. The molecule has 0 atom stereocenters. The van der Waals surface area contributed by atoms with E-state index in [-0.39, 0.29) is 18.0 Å². The maximum absolute atomic E-state index is 12.6. The number of nitrogens with zero attached hydrogens (tertiary/aromatic N) is 1. The number of rotatable bonds is 6. The summed E-state index contributed by atoms with van der Waals surface area (Å²) < 4.78 is 43.8. The van der Waals surface area contributed by atoms with Crippen LogP contribution in [0.25, 0.3) is 0 Å². The van der Waals surface area contributed by atoms with Crippen LogP contribution in [0.4, 0.5) is 15.8 Å². The number of nitrogen functional groups attached to an aromatic ring is 1. The second-order valence-corrected chi connectivity index (χ2v) is 6.05. The largest absolute Gasteiger partial charge is 0.492 e. The quantitative estimate of drug-likeness (QED) is 0.624. The van der Waals surface area contributed by atoms with Gasteiger partial charge in [0.2, 0.25) is 16.0 Å². The number of nitrogens with two attached hydrogens (primary N) is 1. The van der Waals surface area contributed by atoms with Gasteiger partial charge >= 0.3 is 0 Å². The van der Waals surface area contributed by atoms with E-state index < -0.39 is 16.0 Å². The summed E-state index contributed by atoms with van der Waals surface area (Å²) in [5.74, 6) is -0.387. The number of hydrogen-bond donors (Lipinski definition) is 2. The molecule has 1 aromatic carbocycles. The van der Waals surface area contributed by atoms with Crippen LogP contribution in [0.5, 0.6) is 5.75 Å². The van der Waals surface area contributed by atoms with Crippen molar-refractivity contribution < 1.29 is 17.5 Å². The van der Waals surface area contributed by atoms with Crippen molar-refractivity contribution in [2.75, 3.05) is 22.8 Å². The SMILES string of the molecule is Nc1ccc(OCCS(=O)(=O)Nc2ccc(F)nc2)cc1. The van der Waals surface area contributed by atoms with E-state index >= 15 is 0 Å². The average molecular weight is 311 g/mol. The van der Waals surface area contributed by atoms with Gasteiger partial charge in [-0.15, -0.1) is 0 Å². The van der Waals surface area contributed by atoms with E-state index in [0.717, 1.165) is 12.3 Å². The minimum absolute atomic E-state index is 0.0200. The van der Waals surface area contributed by atoms with Crippen LogP contribution in [0.1, 0.15) is 0 Å². The zero-order valence-corrected chi connectivity index (χ0v) is 11.8. The molecule has 0 fully saturated rings. The number of anilines is 2. The lowest BCUT2D eigenvalue weighted by atomic mass is 10.3. The van der Waals surface area contributed by atoms with Crippen molar-refractivity contribution in [2.45, 2.75) is 0 Å². The monoisotopic (exact) mass is 311 g/mol. The van der Waals surface area contributed by atoms with Gasteiger partial charge < -0.3 is 10.5 Å². The first-order valence-electron chi connectivity index (χ1n) is 6.05. The second-order valence-electron chi connectivity index (χ2n) is 4.21. The van der Waals surface area contributed by atoms with Crippen molar-refractivity contribution in [2.24, 2.45) is 0 Å². The number of halogens is 1. The first kappa shape index (κ1) is 15.0. The molecule has 6 nitrogen and oxygen atoms in total. The summed E-state index contributed by atoms with van der Waals surface area (Å²) in [6.07, 6.45) is 1.10. The number of aromatic nitrogens is 1. The lowest BCUT2D eigenvalue weighted by molar-refractivity contribution is 0.341. The van der Waals surface area contributed by atoms with Gasteiger partial charge in [-0.05, 0) is 36.4 Å². The minimum Gasteiger partial charge on any atom is -0.492 e. The van der Waals surface area contributed by atoms with Crippen molar-refractivity contribution >= 4 is 21.4 Å². The van der Waals surface area contributed by atoms with Gasteiger partial charge in [0.05, 0.1) is 11.9 Å². The minimum atomic E-state index is -3.59. The Morgan fingerprint density at radius 2 is 1.90 bits per heavy atom. The van der Waals surface area contributed by atoms with E-state index in [1.807, 2.05) is 0 Å². The van der Waals surface area contributed by atoms with Crippen molar-refractivity contribution in [3.05, 3.63) is 48.5 Å². The molecule has 0 aliphatic heterocycles. The number of ether oxygens (including phenoxy) is 1. The Kier molecular flexibility index (Phi) is 4.59. The summed E-state index contributed by atoms with van der Waals surface area (Å²) in [7, 11) is -3.59. The Hall–Kier alpha value is -2.35. The molecule has 0 aliphatic carbocycles. The molecular formula is C13H14FN3O3S. The van der Waals surface area contributed by atoms with Gasteiger partial charge in [-0.1, -0.05) is 0 Å². The fraction of sp³-hybridized carbons (Fsp3) is 0.154. The van der Waals surface area contributed by atoms with E-state index in [2.05, 4.69) is 9.71 Å². The molecule has 0 unspecified atom stereocenters. The molecule has 21 heavy (non-hydrogen) atoms. The van der Waals surface area contributed by atoms with Gasteiger partial charge in [0.15, 0.2) is 0 Å². The number of benzene rings is 1. The Balaban J connectivity index is 1.86. The first-order chi connectivity index (χ1) is 9.94. The normalized spacial score (nSPS) is 11.1. The summed E-state index contributed by atoms with van der Waals surface area (Å²) in [4.78, 5) is 3.36. The van der Waals surface area contributed by atoms with E-state index in [1.165, 1.54) is 6.07 Å². The Morgan fingerprint density at radius 1 is 1.19 bits per heavy atom. The van der Waals surface area contributed by atoms with Crippen LogP contribution in [0, 0.1) is 5.95 Å². The molecule has 2 rings (SSSR count). The highest BCUT2D eigenvalue weighted by molar-refractivity contribution is 7.92. The lowest BCUT2D eigenvalue weighted by Gasteiger charge is -2.09. The van der Waals surface area contributed by atoms with Crippen LogP contribution in [0.15, 0.2) is 42.6 Å². The molecule has 1 aromatic heterocycles. The summed E-state index contributed by atoms with van der Waals surface area (Å²) in [5, 5.41) is 0. The van der Waals surface area contributed by atoms with E-state index in [1.54, 1.807) is 24.3 Å². The Bertz CT molecular complexity index is 688. The van der Waals surface area contributed by atoms with Crippen molar-refractivity contribution in [1.29, 1.82) is 0 Å². The summed E-state index contributed by atoms with van der Waals surface area (Å²) in [5.41, 5.74) is 6.32. The number of nitrogens with one attached hydrogen (secondary N) is 1. The third kappa shape index (κ3) is 4.92. The van der Waals surface area contributed by atoms with Crippen LogP contribution in [0.2, 0.25) is 0 Å². The van der Waals surface area contributed by atoms with Crippen LogP contribution < -0.4 is 15.2 Å². The van der Waals surface area contributed by atoms with Crippen molar-refractivity contribution in [3.8, 4) is 5.75 Å². The van der Waals surface area contributed by atoms with Crippen LogP contribution >= 0.6 is 0 Å². The molecule has 0 saturated heterocycles. The van der Waals surface area contributed by atoms with Gasteiger partial charge in [0.25, 0.3) is 0 Å². The number of hydrogen-bond acceptors (Lipinski definition) is 5. The number of pyridine rings is 1. The number of sulfonamides is 1. The molecule has 0 amide bonds. The standard InChI is InChI=1S/C13H14FN3O3S/c14-13-6-3-11(9-16-13)17-21(18,19)8-7-20-12-4-1-10(15)2-5-12/h1-6,9,17H,7-8,15H2. The fourth-order valence-corrected chi connectivity index (χ4v) is 2.38. The van der Waals surface area contributed by atoms with Gasteiger partial charge in [-0.25, -0.2) is 13.4 Å². The molecular weight excluding hydrogens is 297 g/mol. The third-order valence-electron chi connectivity index (χ3n) is 2.50. The Labute approximate surface area is 121 Å². The highest BCUT2D eigenvalue weighted by atomic mass is 32.2. The highest BCUT2D eigenvalue weighted by Gasteiger charge is 2.11. The highest BCUT2D eigenvalue weighted by Crippen LogP contribution is 2.13. The molecule has 0 bridgehead atoms. The molecule has 3 N–H and O–H groups in total. The summed E-state index contributed by atoms with van der Waals surface area (Å²) in [6.45, 7) is -0.0200. The third-order valence-corrected chi connectivity index (χ3v) is 3.75. The summed E-state index contributed by atoms with van der Waals surface area (Å²) >= 11 is 0. The van der Waals surface area contributed by atoms with Gasteiger partial charge in [0, 0.05) is 5.69 Å². The molecule has 0 saturated carbocycles. The lowest BCUT2D eigenvalue weighted by Crippen LogP contribution is -2.21. The van der Waals surface area contributed by atoms with Crippen LogP contribution in [0.3, 0.4) is 0 Å². The summed E-state index contributed by atoms with van der Waals surface area (Å²) in [6, 6.07) is 8.99.